The van der Waals surface area contributed by atoms with Gasteiger partial charge in [0.05, 0.1) is 11.5 Å². The molecular weight excluding hydrogens is 272 g/mol. The Morgan fingerprint density at radius 2 is 2.20 bits per heavy atom. The smallest absolute Gasteiger partial charge is 0.150 e. The van der Waals surface area contributed by atoms with Crippen molar-refractivity contribution in [2.45, 2.75) is 13.0 Å². The molecular formula is C15H18N2O2S. The standard InChI is InChI=1S/C15H18N2O2S/c18-20(19)7-5-12(11-20)8-17-10-14-3-1-2-13-9-16-6-4-15(13)14/h1-4,6,9,12,17H,5,7-8,10-11H2. The third-order valence-corrected chi connectivity index (χ3v) is 5.68. The SMILES string of the molecule is O=S1(=O)CCC(CNCc2cccc3cnccc23)C1. The zero-order valence-corrected chi connectivity index (χ0v) is 12.1. The first-order valence-electron chi connectivity index (χ1n) is 6.87. The van der Waals surface area contributed by atoms with Crippen LogP contribution in [-0.4, -0.2) is 31.5 Å². The Morgan fingerprint density at radius 3 is 3.00 bits per heavy atom. The fourth-order valence-electron chi connectivity index (χ4n) is 2.79. The molecule has 0 saturated carbocycles. The number of sulfone groups is 1. The van der Waals surface area contributed by atoms with Crippen molar-refractivity contribution < 1.29 is 8.42 Å². The highest BCUT2D eigenvalue weighted by Crippen LogP contribution is 2.19. The molecule has 1 atom stereocenters. The minimum atomic E-state index is -2.77. The monoisotopic (exact) mass is 290 g/mol. The lowest BCUT2D eigenvalue weighted by Gasteiger charge is -2.11. The molecule has 1 aromatic carbocycles. The van der Waals surface area contributed by atoms with E-state index in [1.54, 1.807) is 6.20 Å². The summed E-state index contributed by atoms with van der Waals surface area (Å²) in [5.41, 5.74) is 1.23. The summed E-state index contributed by atoms with van der Waals surface area (Å²) in [4.78, 5) is 4.13. The van der Waals surface area contributed by atoms with E-state index in [0.717, 1.165) is 24.9 Å². The van der Waals surface area contributed by atoms with E-state index in [-0.39, 0.29) is 5.92 Å². The largest absolute Gasteiger partial charge is 0.312 e. The lowest BCUT2D eigenvalue weighted by atomic mass is 10.1. The third kappa shape index (κ3) is 2.99. The number of aromatic nitrogens is 1. The van der Waals surface area contributed by atoms with E-state index in [9.17, 15) is 8.42 Å². The number of hydrogen-bond acceptors (Lipinski definition) is 4. The van der Waals surface area contributed by atoms with Gasteiger partial charge in [-0.05, 0) is 35.9 Å². The van der Waals surface area contributed by atoms with Crippen LogP contribution in [0.15, 0.2) is 36.7 Å². The van der Waals surface area contributed by atoms with E-state index in [1.807, 2.05) is 18.3 Å². The fourth-order valence-corrected chi connectivity index (χ4v) is 4.65. The fraction of sp³-hybridized carbons (Fsp3) is 0.400. The van der Waals surface area contributed by atoms with Crippen molar-refractivity contribution in [1.82, 2.24) is 10.3 Å². The number of nitrogens with one attached hydrogen (secondary N) is 1. The van der Waals surface area contributed by atoms with Gasteiger partial charge in [-0.15, -0.1) is 0 Å². The number of benzene rings is 1. The highest BCUT2D eigenvalue weighted by molar-refractivity contribution is 7.91. The van der Waals surface area contributed by atoms with Gasteiger partial charge in [0.1, 0.15) is 0 Å². The quantitative estimate of drug-likeness (QED) is 0.932. The summed E-state index contributed by atoms with van der Waals surface area (Å²) in [6.07, 6.45) is 4.45. The number of pyridine rings is 1. The molecule has 0 spiro atoms. The van der Waals surface area contributed by atoms with Crippen LogP contribution in [0.4, 0.5) is 0 Å². The number of fused-ring (bicyclic) bond motifs is 1. The van der Waals surface area contributed by atoms with E-state index in [4.69, 9.17) is 0 Å². The van der Waals surface area contributed by atoms with Crippen LogP contribution in [0.5, 0.6) is 0 Å². The van der Waals surface area contributed by atoms with Gasteiger partial charge in [0.25, 0.3) is 0 Å². The molecule has 2 heterocycles. The second kappa shape index (κ2) is 5.50. The molecule has 1 aromatic heterocycles. The number of rotatable bonds is 4. The molecule has 3 rings (SSSR count). The van der Waals surface area contributed by atoms with E-state index in [2.05, 4.69) is 22.4 Å². The van der Waals surface area contributed by atoms with Crippen molar-refractivity contribution in [1.29, 1.82) is 0 Å². The highest BCUT2D eigenvalue weighted by atomic mass is 32.2. The second-order valence-corrected chi connectivity index (χ2v) is 7.64. The van der Waals surface area contributed by atoms with E-state index in [0.29, 0.717) is 11.5 Å². The molecule has 1 aliphatic rings. The van der Waals surface area contributed by atoms with Crippen molar-refractivity contribution >= 4 is 20.6 Å². The molecule has 0 radical (unpaired) electrons. The molecule has 1 unspecified atom stereocenters. The maximum atomic E-state index is 11.4. The molecule has 4 nitrogen and oxygen atoms in total. The van der Waals surface area contributed by atoms with Crippen LogP contribution in [-0.2, 0) is 16.4 Å². The van der Waals surface area contributed by atoms with Gasteiger partial charge in [-0.2, -0.15) is 0 Å². The predicted molar refractivity (Wildman–Crippen MR) is 80.2 cm³/mol. The molecule has 1 saturated heterocycles. The van der Waals surface area contributed by atoms with Crippen LogP contribution in [0.3, 0.4) is 0 Å². The van der Waals surface area contributed by atoms with Gasteiger partial charge in [-0.1, -0.05) is 18.2 Å². The summed E-state index contributed by atoms with van der Waals surface area (Å²) in [7, 11) is -2.77. The Morgan fingerprint density at radius 1 is 1.30 bits per heavy atom. The topological polar surface area (TPSA) is 59.1 Å². The minimum Gasteiger partial charge on any atom is -0.312 e. The van der Waals surface area contributed by atoms with Crippen molar-refractivity contribution in [3.05, 3.63) is 42.2 Å². The van der Waals surface area contributed by atoms with Crippen LogP contribution in [0.25, 0.3) is 10.8 Å². The Hall–Kier alpha value is -1.46. The zero-order chi connectivity index (χ0) is 14.0. The molecule has 2 aromatic rings. The molecule has 1 N–H and O–H groups in total. The van der Waals surface area contributed by atoms with E-state index < -0.39 is 9.84 Å². The normalized spacial score (nSPS) is 21.3. The van der Waals surface area contributed by atoms with Gasteiger partial charge in [0.2, 0.25) is 0 Å². The number of nitrogens with zero attached hydrogens (tertiary/aromatic N) is 1. The van der Waals surface area contributed by atoms with Crippen molar-refractivity contribution in [3.63, 3.8) is 0 Å². The van der Waals surface area contributed by atoms with Crippen LogP contribution in [0.1, 0.15) is 12.0 Å². The van der Waals surface area contributed by atoms with E-state index in [1.165, 1.54) is 10.9 Å². The molecule has 5 heteroatoms. The highest BCUT2D eigenvalue weighted by Gasteiger charge is 2.27. The van der Waals surface area contributed by atoms with Gasteiger partial charge in [-0.25, -0.2) is 8.42 Å². The number of hydrogen-bond donors (Lipinski definition) is 1. The van der Waals surface area contributed by atoms with Gasteiger partial charge in [0.15, 0.2) is 9.84 Å². The molecule has 0 amide bonds. The minimum absolute atomic E-state index is 0.261. The Bertz CT molecular complexity index is 707. The van der Waals surface area contributed by atoms with Crippen LogP contribution < -0.4 is 5.32 Å². The Balaban J connectivity index is 1.63. The van der Waals surface area contributed by atoms with Crippen molar-refractivity contribution in [2.75, 3.05) is 18.1 Å². The third-order valence-electron chi connectivity index (χ3n) is 3.85. The summed E-state index contributed by atoms with van der Waals surface area (Å²) in [6.45, 7) is 1.53. The van der Waals surface area contributed by atoms with Crippen LogP contribution in [0.2, 0.25) is 0 Å². The van der Waals surface area contributed by atoms with E-state index >= 15 is 0 Å². The molecule has 20 heavy (non-hydrogen) atoms. The summed E-state index contributed by atoms with van der Waals surface area (Å²) in [5, 5.41) is 5.73. The molecule has 0 bridgehead atoms. The van der Waals surface area contributed by atoms with Gasteiger partial charge in [-0.3, -0.25) is 4.98 Å². The Kier molecular flexibility index (Phi) is 3.72. The van der Waals surface area contributed by atoms with Crippen molar-refractivity contribution in [3.8, 4) is 0 Å². The predicted octanol–water partition coefficient (Wildman–Crippen LogP) is 1.76. The first-order valence-corrected chi connectivity index (χ1v) is 8.69. The molecule has 106 valence electrons. The second-order valence-electron chi connectivity index (χ2n) is 5.41. The molecule has 0 aliphatic carbocycles. The maximum Gasteiger partial charge on any atom is 0.150 e. The first kappa shape index (κ1) is 13.5. The summed E-state index contributed by atoms with van der Waals surface area (Å²) >= 11 is 0. The lowest BCUT2D eigenvalue weighted by molar-refractivity contribution is 0.521. The average Bonchev–Trinajstić information content (AvgIpc) is 2.79. The lowest BCUT2D eigenvalue weighted by Crippen LogP contribution is -2.23. The van der Waals surface area contributed by atoms with Crippen LogP contribution in [0, 0.1) is 5.92 Å². The molecule has 1 fully saturated rings. The maximum absolute atomic E-state index is 11.4. The summed E-state index contributed by atoms with van der Waals surface area (Å²) in [5.74, 6) is 0.940. The average molecular weight is 290 g/mol. The van der Waals surface area contributed by atoms with Crippen molar-refractivity contribution in [2.24, 2.45) is 5.92 Å². The Labute approximate surface area is 119 Å². The summed E-state index contributed by atoms with van der Waals surface area (Å²) in [6, 6.07) is 8.20. The molecule has 1 aliphatic heterocycles. The van der Waals surface area contributed by atoms with Gasteiger partial charge < -0.3 is 5.32 Å². The van der Waals surface area contributed by atoms with Gasteiger partial charge >= 0.3 is 0 Å². The van der Waals surface area contributed by atoms with Gasteiger partial charge in [0, 0.05) is 24.3 Å². The summed E-state index contributed by atoms with van der Waals surface area (Å²) < 4.78 is 22.8. The first-order chi connectivity index (χ1) is 9.64. The van der Waals surface area contributed by atoms with Crippen LogP contribution >= 0.6 is 0 Å². The zero-order valence-electron chi connectivity index (χ0n) is 11.2.